The van der Waals surface area contributed by atoms with Crippen LogP contribution in [-0.4, -0.2) is 29.5 Å². The normalized spacial score (nSPS) is 12.3. The fourth-order valence-corrected chi connectivity index (χ4v) is 4.36. The fraction of sp³-hybridized carbons (Fsp3) is 0.105. The second-order valence-corrected chi connectivity index (χ2v) is 9.06. The Morgan fingerprint density at radius 1 is 1.07 bits per heavy atom. The molecule has 0 aliphatic rings. The number of nitrogens with one attached hydrogen (secondary N) is 1. The molecule has 2 aromatic carbocycles. The van der Waals surface area contributed by atoms with Gasteiger partial charge in [-0.2, -0.15) is 0 Å². The maximum absolute atomic E-state index is 12.7. The number of benzene rings is 2. The van der Waals surface area contributed by atoms with Crippen molar-refractivity contribution < 1.29 is 13.2 Å². The second kappa shape index (κ2) is 8.41. The summed E-state index contributed by atoms with van der Waals surface area (Å²) in [6, 6.07) is 17.0. The van der Waals surface area contributed by atoms with Gasteiger partial charge < -0.3 is 11.1 Å². The largest absolute Gasteiger partial charge is 0.382 e. The van der Waals surface area contributed by atoms with E-state index in [4.69, 9.17) is 5.73 Å². The Bertz CT molecular complexity index is 1070. The molecule has 0 spiro atoms. The van der Waals surface area contributed by atoms with Crippen molar-refractivity contribution in [1.82, 2.24) is 9.97 Å². The summed E-state index contributed by atoms with van der Waals surface area (Å²) in [6.07, 6.45) is 1.18. The van der Waals surface area contributed by atoms with Gasteiger partial charge in [0.05, 0.1) is 16.3 Å². The summed E-state index contributed by atoms with van der Waals surface area (Å²) in [7, 11) is -3.81. The number of para-hydroxylation sites is 1. The van der Waals surface area contributed by atoms with E-state index < -0.39 is 15.1 Å². The number of nitrogens with zero attached hydrogens (tertiary/aromatic N) is 2. The van der Waals surface area contributed by atoms with Gasteiger partial charge in [-0.25, -0.2) is 18.4 Å². The Morgan fingerprint density at radius 3 is 2.29 bits per heavy atom. The first kappa shape index (κ1) is 19.8. The van der Waals surface area contributed by atoms with Crippen LogP contribution in [0.3, 0.4) is 0 Å². The number of aromatic nitrogens is 2. The van der Waals surface area contributed by atoms with E-state index in [0.717, 1.165) is 11.8 Å². The molecule has 1 amide bonds. The van der Waals surface area contributed by atoms with Crippen LogP contribution < -0.4 is 11.1 Å². The quantitative estimate of drug-likeness (QED) is 0.470. The molecular formula is C19H18N4O3S2. The predicted molar refractivity (Wildman–Crippen MR) is 109 cm³/mol. The Balaban J connectivity index is 1.74. The Hall–Kier alpha value is -2.91. The van der Waals surface area contributed by atoms with Gasteiger partial charge in [-0.1, -0.05) is 48.2 Å². The van der Waals surface area contributed by atoms with Crippen molar-refractivity contribution in [3.8, 4) is 0 Å². The van der Waals surface area contributed by atoms with Gasteiger partial charge in [0.15, 0.2) is 5.16 Å². The highest BCUT2D eigenvalue weighted by Gasteiger charge is 2.23. The molecule has 0 radical (unpaired) electrons. The summed E-state index contributed by atoms with van der Waals surface area (Å²) < 4.78 is 25.3. The number of amides is 1. The van der Waals surface area contributed by atoms with Gasteiger partial charge in [0, 0.05) is 5.69 Å². The van der Waals surface area contributed by atoms with Gasteiger partial charge >= 0.3 is 0 Å². The molecule has 3 N–H and O–H groups in total. The zero-order valence-electron chi connectivity index (χ0n) is 14.9. The highest BCUT2D eigenvalue weighted by molar-refractivity contribution is 8.00. The zero-order valence-corrected chi connectivity index (χ0v) is 16.6. The number of hydrogen-bond acceptors (Lipinski definition) is 7. The molecule has 0 aliphatic carbocycles. The summed E-state index contributed by atoms with van der Waals surface area (Å²) in [5.74, 6) is -0.378. The van der Waals surface area contributed by atoms with Crippen molar-refractivity contribution in [1.29, 1.82) is 0 Å². The molecule has 0 saturated carbocycles. The maximum Gasteiger partial charge on any atom is 0.237 e. The van der Waals surface area contributed by atoms with Crippen LogP contribution >= 0.6 is 11.8 Å². The number of anilines is 2. The Labute approximate surface area is 167 Å². The Kier molecular flexibility index (Phi) is 5.96. The molecular weight excluding hydrogens is 396 g/mol. The maximum atomic E-state index is 12.7. The lowest BCUT2D eigenvalue weighted by atomic mass is 10.3. The van der Waals surface area contributed by atoms with Crippen LogP contribution in [0.4, 0.5) is 11.5 Å². The molecule has 1 aromatic heterocycles. The van der Waals surface area contributed by atoms with E-state index in [1.165, 1.54) is 18.3 Å². The fourth-order valence-electron chi connectivity index (χ4n) is 2.33. The van der Waals surface area contributed by atoms with Crippen molar-refractivity contribution in [2.24, 2.45) is 0 Å². The number of hydrogen-bond donors (Lipinski definition) is 2. The molecule has 1 unspecified atom stereocenters. The smallest absolute Gasteiger partial charge is 0.237 e. The van der Waals surface area contributed by atoms with E-state index in [1.54, 1.807) is 37.3 Å². The number of thioether (sulfide) groups is 1. The molecule has 7 nitrogen and oxygen atoms in total. The number of rotatable bonds is 6. The van der Waals surface area contributed by atoms with E-state index in [-0.39, 0.29) is 26.7 Å². The monoisotopic (exact) mass is 414 g/mol. The molecule has 0 fully saturated rings. The zero-order chi connectivity index (χ0) is 20.1. The molecule has 28 heavy (non-hydrogen) atoms. The van der Waals surface area contributed by atoms with Crippen LogP contribution in [0.5, 0.6) is 0 Å². The number of carbonyl (C=O) groups excluding carboxylic acids is 1. The number of sulfone groups is 1. The SMILES string of the molecule is CC(Sc1ncc(S(=O)(=O)c2ccccc2)c(N)n1)C(=O)Nc1ccccc1. The van der Waals surface area contributed by atoms with Crippen molar-refractivity contribution >= 4 is 39.0 Å². The molecule has 0 aliphatic heterocycles. The molecule has 144 valence electrons. The number of nitrogens with two attached hydrogens (primary N) is 1. The summed E-state index contributed by atoms with van der Waals surface area (Å²) in [6.45, 7) is 1.71. The highest BCUT2D eigenvalue weighted by Crippen LogP contribution is 2.27. The van der Waals surface area contributed by atoms with Crippen molar-refractivity contribution in [2.45, 2.75) is 27.1 Å². The average molecular weight is 415 g/mol. The van der Waals surface area contributed by atoms with Crippen molar-refractivity contribution in [3.63, 3.8) is 0 Å². The van der Waals surface area contributed by atoms with E-state index in [1.807, 2.05) is 18.2 Å². The van der Waals surface area contributed by atoms with Crippen molar-refractivity contribution in [3.05, 3.63) is 66.9 Å². The van der Waals surface area contributed by atoms with Crippen LogP contribution in [0.25, 0.3) is 0 Å². The van der Waals surface area contributed by atoms with Crippen LogP contribution in [0.2, 0.25) is 0 Å². The molecule has 3 rings (SSSR count). The lowest BCUT2D eigenvalue weighted by molar-refractivity contribution is -0.115. The van der Waals surface area contributed by atoms with Crippen LogP contribution in [-0.2, 0) is 14.6 Å². The minimum Gasteiger partial charge on any atom is -0.382 e. The minimum atomic E-state index is -3.81. The summed E-state index contributed by atoms with van der Waals surface area (Å²) in [5, 5.41) is 2.51. The van der Waals surface area contributed by atoms with E-state index in [9.17, 15) is 13.2 Å². The van der Waals surface area contributed by atoms with Crippen LogP contribution in [0.1, 0.15) is 6.92 Å². The summed E-state index contributed by atoms with van der Waals surface area (Å²) >= 11 is 1.09. The lowest BCUT2D eigenvalue weighted by Gasteiger charge is -2.12. The third-order valence-electron chi connectivity index (χ3n) is 3.80. The third kappa shape index (κ3) is 4.49. The van der Waals surface area contributed by atoms with Gasteiger partial charge in [0.25, 0.3) is 0 Å². The van der Waals surface area contributed by atoms with Gasteiger partial charge in [-0.05, 0) is 31.2 Å². The molecule has 0 saturated heterocycles. The van der Waals surface area contributed by atoms with Gasteiger partial charge in [0.1, 0.15) is 10.7 Å². The Morgan fingerprint density at radius 2 is 1.68 bits per heavy atom. The second-order valence-electron chi connectivity index (χ2n) is 5.83. The van der Waals surface area contributed by atoms with Gasteiger partial charge in [0.2, 0.25) is 15.7 Å². The summed E-state index contributed by atoms with van der Waals surface area (Å²) in [4.78, 5) is 20.4. The lowest BCUT2D eigenvalue weighted by Crippen LogP contribution is -2.22. The van der Waals surface area contributed by atoms with E-state index >= 15 is 0 Å². The number of carbonyl (C=O) groups is 1. The van der Waals surface area contributed by atoms with Crippen molar-refractivity contribution in [2.75, 3.05) is 11.1 Å². The number of nitrogen functional groups attached to an aromatic ring is 1. The third-order valence-corrected chi connectivity index (χ3v) is 6.56. The van der Waals surface area contributed by atoms with E-state index in [2.05, 4.69) is 15.3 Å². The van der Waals surface area contributed by atoms with Gasteiger partial charge in [-0.3, -0.25) is 4.79 Å². The molecule has 3 aromatic rings. The first-order valence-corrected chi connectivity index (χ1v) is 10.7. The van der Waals surface area contributed by atoms with Gasteiger partial charge in [-0.15, -0.1) is 0 Å². The molecule has 1 atom stereocenters. The van der Waals surface area contributed by atoms with Crippen LogP contribution in [0.15, 0.2) is 81.8 Å². The summed E-state index contributed by atoms with van der Waals surface area (Å²) in [5.41, 5.74) is 6.56. The molecule has 1 heterocycles. The minimum absolute atomic E-state index is 0.112. The topological polar surface area (TPSA) is 115 Å². The highest BCUT2D eigenvalue weighted by atomic mass is 32.2. The standard InChI is InChI=1S/C19H18N4O3S2/c1-13(18(24)22-14-8-4-2-5-9-14)27-19-21-12-16(17(20)23-19)28(25,26)15-10-6-3-7-11-15/h2-13H,1H3,(H,22,24)(H2,20,21,23). The molecule has 0 bridgehead atoms. The average Bonchev–Trinajstić information content (AvgIpc) is 2.69. The van der Waals surface area contributed by atoms with E-state index in [0.29, 0.717) is 5.69 Å². The first-order valence-electron chi connectivity index (χ1n) is 8.33. The van der Waals surface area contributed by atoms with Crippen LogP contribution in [0, 0.1) is 0 Å². The molecule has 9 heteroatoms. The predicted octanol–water partition coefficient (Wildman–Crippen LogP) is 3.01. The first-order chi connectivity index (χ1) is 13.4.